The molecule has 1 fully saturated rings. The lowest BCUT2D eigenvalue weighted by atomic mass is 9.81. The van der Waals surface area contributed by atoms with Crippen LogP contribution in [-0.2, 0) is 6.42 Å². The topological polar surface area (TPSA) is 55.5 Å². The number of rotatable bonds is 3. The number of hydrogen-bond donors (Lipinski definition) is 2. The molecule has 1 aliphatic carbocycles. The molecule has 0 aliphatic heterocycles. The third kappa shape index (κ3) is 2.72. The zero-order valence-corrected chi connectivity index (χ0v) is 10.4. The highest BCUT2D eigenvalue weighted by atomic mass is 16.5. The molecule has 3 nitrogen and oxygen atoms in total. The number of nitrogens with two attached hydrogens (primary N) is 1. The molecule has 2 rings (SSSR count). The minimum absolute atomic E-state index is 0.271. The van der Waals surface area contributed by atoms with Gasteiger partial charge in [0, 0.05) is 6.04 Å². The van der Waals surface area contributed by atoms with Gasteiger partial charge in [0.1, 0.15) is 0 Å². The van der Waals surface area contributed by atoms with Gasteiger partial charge in [0.2, 0.25) is 0 Å². The van der Waals surface area contributed by atoms with E-state index in [9.17, 15) is 5.11 Å². The van der Waals surface area contributed by atoms with Crippen molar-refractivity contribution in [2.24, 2.45) is 11.7 Å². The van der Waals surface area contributed by atoms with Crippen molar-refractivity contribution in [3.05, 3.63) is 23.8 Å². The first kappa shape index (κ1) is 12.2. The number of phenols is 1. The van der Waals surface area contributed by atoms with Gasteiger partial charge in [-0.15, -0.1) is 0 Å². The molecule has 1 saturated carbocycles. The molecule has 2 unspecified atom stereocenters. The molecule has 1 aromatic rings. The van der Waals surface area contributed by atoms with Gasteiger partial charge in [0.15, 0.2) is 11.5 Å². The van der Waals surface area contributed by atoms with E-state index in [2.05, 4.69) is 0 Å². The number of phenolic OH excluding ortho intramolecular Hbond substituents is 1. The highest BCUT2D eigenvalue weighted by Crippen LogP contribution is 2.34. The van der Waals surface area contributed by atoms with Gasteiger partial charge >= 0.3 is 0 Å². The second-order valence-electron chi connectivity index (χ2n) is 4.88. The minimum atomic E-state index is 0.271. The number of hydrogen-bond acceptors (Lipinski definition) is 3. The maximum absolute atomic E-state index is 10.0. The Morgan fingerprint density at radius 3 is 2.82 bits per heavy atom. The van der Waals surface area contributed by atoms with Crippen LogP contribution in [0.1, 0.15) is 31.2 Å². The summed E-state index contributed by atoms with van der Waals surface area (Å²) in [5, 5.41) is 10.0. The van der Waals surface area contributed by atoms with Crippen LogP contribution in [0.15, 0.2) is 18.2 Å². The van der Waals surface area contributed by atoms with E-state index in [1.165, 1.54) is 12.8 Å². The molecule has 0 amide bonds. The minimum Gasteiger partial charge on any atom is -0.504 e. The molecule has 0 spiro atoms. The average molecular weight is 235 g/mol. The van der Waals surface area contributed by atoms with Gasteiger partial charge in [-0.25, -0.2) is 0 Å². The van der Waals surface area contributed by atoms with Crippen molar-refractivity contribution in [1.29, 1.82) is 0 Å². The Hall–Kier alpha value is -1.22. The highest BCUT2D eigenvalue weighted by molar-refractivity contribution is 5.45. The van der Waals surface area contributed by atoms with Crippen molar-refractivity contribution in [3.8, 4) is 11.5 Å². The molecule has 17 heavy (non-hydrogen) atoms. The largest absolute Gasteiger partial charge is 0.504 e. The summed E-state index contributed by atoms with van der Waals surface area (Å²) in [6.45, 7) is 0. The lowest BCUT2D eigenvalue weighted by Gasteiger charge is -2.28. The first-order chi connectivity index (χ1) is 8.22. The van der Waals surface area contributed by atoms with E-state index in [0.29, 0.717) is 11.7 Å². The van der Waals surface area contributed by atoms with Crippen molar-refractivity contribution in [3.63, 3.8) is 0 Å². The molecule has 1 aromatic carbocycles. The van der Waals surface area contributed by atoms with Gasteiger partial charge < -0.3 is 15.6 Å². The Labute approximate surface area is 103 Å². The predicted molar refractivity (Wildman–Crippen MR) is 68.3 cm³/mol. The van der Waals surface area contributed by atoms with E-state index in [-0.39, 0.29) is 11.8 Å². The van der Waals surface area contributed by atoms with Crippen LogP contribution in [0.4, 0.5) is 0 Å². The molecule has 0 bridgehead atoms. The van der Waals surface area contributed by atoms with Gasteiger partial charge in [-0.3, -0.25) is 0 Å². The Balaban J connectivity index is 2.12. The molecular weight excluding hydrogens is 214 g/mol. The summed E-state index contributed by atoms with van der Waals surface area (Å²) in [5.74, 6) is 1.31. The van der Waals surface area contributed by atoms with E-state index in [0.717, 1.165) is 24.8 Å². The van der Waals surface area contributed by atoms with Crippen molar-refractivity contribution >= 4 is 0 Å². The van der Waals surface area contributed by atoms with Crippen molar-refractivity contribution < 1.29 is 9.84 Å². The fourth-order valence-electron chi connectivity index (χ4n) is 2.67. The van der Waals surface area contributed by atoms with E-state index >= 15 is 0 Å². The molecule has 2 atom stereocenters. The zero-order chi connectivity index (χ0) is 12.3. The monoisotopic (exact) mass is 235 g/mol. The number of aromatic hydroxyl groups is 1. The highest BCUT2D eigenvalue weighted by Gasteiger charge is 2.23. The van der Waals surface area contributed by atoms with Crippen LogP contribution in [0, 0.1) is 5.92 Å². The number of benzene rings is 1. The molecule has 0 radical (unpaired) electrons. The summed E-state index contributed by atoms with van der Waals surface area (Å²) in [7, 11) is 1.57. The quantitative estimate of drug-likeness (QED) is 0.846. The molecule has 1 aliphatic rings. The van der Waals surface area contributed by atoms with Crippen LogP contribution in [0.2, 0.25) is 0 Å². The smallest absolute Gasteiger partial charge is 0.160 e. The van der Waals surface area contributed by atoms with Crippen molar-refractivity contribution in [1.82, 2.24) is 0 Å². The molecule has 94 valence electrons. The molecule has 0 saturated heterocycles. The van der Waals surface area contributed by atoms with E-state index < -0.39 is 0 Å². The first-order valence-corrected chi connectivity index (χ1v) is 6.32. The first-order valence-electron chi connectivity index (χ1n) is 6.32. The van der Waals surface area contributed by atoms with E-state index in [4.69, 9.17) is 10.5 Å². The summed E-state index contributed by atoms with van der Waals surface area (Å²) in [4.78, 5) is 0. The van der Waals surface area contributed by atoms with Crippen LogP contribution in [-0.4, -0.2) is 18.3 Å². The number of methoxy groups -OCH3 is 1. The summed E-state index contributed by atoms with van der Waals surface area (Å²) >= 11 is 0. The molecule has 0 heterocycles. The molecule has 0 aromatic heterocycles. The van der Waals surface area contributed by atoms with Crippen LogP contribution in [0.3, 0.4) is 0 Å². The fourth-order valence-corrected chi connectivity index (χ4v) is 2.67. The fraction of sp³-hybridized carbons (Fsp3) is 0.571. The summed E-state index contributed by atoms with van der Waals surface area (Å²) < 4.78 is 5.12. The van der Waals surface area contributed by atoms with Crippen molar-refractivity contribution in [2.45, 2.75) is 38.1 Å². The van der Waals surface area contributed by atoms with Crippen LogP contribution in [0.25, 0.3) is 0 Å². The maximum Gasteiger partial charge on any atom is 0.160 e. The normalized spacial score (nSPS) is 24.6. The third-order valence-corrected chi connectivity index (χ3v) is 3.75. The second-order valence-corrected chi connectivity index (χ2v) is 4.88. The Kier molecular flexibility index (Phi) is 3.89. The van der Waals surface area contributed by atoms with Gasteiger partial charge in [-0.2, -0.15) is 0 Å². The lowest BCUT2D eigenvalue weighted by Crippen LogP contribution is -2.34. The average Bonchev–Trinajstić information content (AvgIpc) is 2.34. The Morgan fingerprint density at radius 2 is 2.12 bits per heavy atom. The SMILES string of the molecule is COc1cccc(CC2CCCCC2N)c1O. The van der Waals surface area contributed by atoms with E-state index in [1.54, 1.807) is 13.2 Å². The van der Waals surface area contributed by atoms with Gasteiger partial charge in [-0.05, 0) is 36.8 Å². The van der Waals surface area contributed by atoms with Crippen LogP contribution < -0.4 is 10.5 Å². The molecule has 3 N–H and O–H groups in total. The number of para-hydroxylation sites is 1. The standard InChI is InChI=1S/C14H21NO2/c1-17-13-8-4-6-11(14(13)16)9-10-5-2-3-7-12(10)15/h4,6,8,10,12,16H,2-3,5,7,9,15H2,1H3. The summed E-state index contributed by atoms with van der Waals surface area (Å²) in [6.07, 6.45) is 5.61. The van der Waals surface area contributed by atoms with Crippen LogP contribution >= 0.6 is 0 Å². The Bertz CT molecular complexity index is 378. The van der Waals surface area contributed by atoms with E-state index in [1.807, 2.05) is 12.1 Å². The Morgan fingerprint density at radius 1 is 1.35 bits per heavy atom. The predicted octanol–water partition coefficient (Wildman–Crippen LogP) is 2.46. The van der Waals surface area contributed by atoms with Gasteiger partial charge in [0.25, 0.3) is 0 Å². The summed E-state index contributed by atoms with van der Waals surface area (Å²) in [5.41, 5.74) is 7.09. The molecule has 3 heteroatoms. The molecular formula is C14H21NO2. The van der Waals surface area contributed by atoms with Crippen LogP contribution in [0.5, 0.6) is 11.5 Å². The third-order valence-electron chi connectivity index (χ3n) is 3.75. The van der Waals surface area contributed by atoms with Crippen molar-refractivity contribution in [2.75, 3.05) is 7.11 Å². The zero-order valence-electron chi connectivity index (χ0n) is 10.4. The summed E-state index contributed by atoms with van der Waals surface area (Å²) in [6, 6.07) is 5.93. The maximum atomic E-state index is 10.0. The lowest BCUT2D eigenvalue weighted by molar-refractivity contribution is 0.301. The van der Waals surface area contributed by atoms with Gasteiger partial charge in [-0.1, -0.05) is 25.0 Å². The van der Waals surface area contributed by atoms with Gasteiger partial charge in [0.05, 0.1) is 7.11 Å². The number of ether oxygens (including phenoxy) is 1. The second kappa shape index (κ2) is 5.41.